The molecular weight excluding hydrogens is 267 g/mol. The van der Waals surface area contributed by atoms with Crippen molar-refractivity contribution >= 4 is 17.5 Å². The van der Waals surface area contributed by atoms with Gasteiger partial charge in [-0.05, 0) is 31.0 Å². The van der Waals surface area contributed by atoms with E-state index in [0.717, 1.165) is 25.7 Å². The van der Waals surface area contributed by atoms with Gasteiger partial charge in [-0.15, -0.1) is 0 Å². The van der Waals surface area contributed by atoms with Crippen LogP contribution >= 0.6 is 11.6 Å². The third kappa shape index (κ3) is 3.67. The highest BCUT2D eigenvalue weighted by Crippen LogP contribution is 2.25. The summed E-state index contributed by atoms with van der Waals surface area (Å²) in [5.41, 5.74) is 5.62. The standard InChI is InChI=1S/C14H18ClFN2O/c15-9-6-7-12(16)11(8-9)13(14(17)19)18-10-4-2-1-3-5-10/h6-8,10,13,18H,1-5H2,(H2,17,19). The maximum Gasteiger partial charge on any atom is 0.239 e. The Labute approximate surface area is 117 Å². The highest BCUT2D eigenvalue weighted by atomic mass is 35.5. The van der Waals surface area contributed by atoms with Crippen molar-refractivity contribution in [2.45, 2.75) is 44.2 Å². The van der Waals surface area contributed by atoms with Crippen molar-refractivity contribution in [3.8, 4) is 0 Å². The van der Waals surface area contributed by atoms with Gasteiger partial charge in [-0.2, -0.15) is 0 Å². The van der Waals surface area contributed by atoms with Crippen LogP contribution in [0.1, 0.15) is 43.7 Å². The van der Waals surface area contributed by atoms with E-state index in [0.29, 0.717) is 5.02 Å². The quantitative estimate of drug-likeness (QED) is 0.893. The molecule has 3 nitrogen and oxygen atoms in total. The first-order valence-corrected chi connectivity index (χ1v) is 6.96. The van der Waals surface area contributed by atoms with Crippen molar-refractivity contribution in [3.05, 3.63) is 34.6 Å². The van der Waals surface area contributed by atoms with Gasteiger partial charge in [0.2, 0.25) is 5.91 Å². The lowest BCUT2D eigenvalue weighted by Crippen LogP contribution is -2.41. The summed E-state index contributed by atoms with van der Waals surface area (Å²) >= 11 is 5.86. The number of hydrogen-bond acceptors (Lipinski definition) is 2. The molecule has 0 heterocycles. The summed E-state index contributed by atoms with van der Waals surface area (Å²) in [4.78, 5) is 11.6. The number of rotatable bonds is 4. The predicted molar refractivity (Wildman–Crippen MR) is 73.4 cm³/mol. The fraction of sp³-hybridized carbons (Fsp3) is 0.500. The van der Waals surface area contributed by atoms with Crippen molar-refractivity contribution in [2.75, 3.05) is 0 Å². The Morgan fingerprint density at radius 1 is 1.37 bits per heavy atom. The summed E-state index contributed by atoms with van der Waals surface area (Å²) in [7, 11) is 0. The fourth-order valence-electron chi connectivity index (χ4n) is 2.57. The Balaban J connectivity index is 2.19. The second kappa shape index (κ2) is 6.35. The van der Waals surface area contributed by atoms with Gasteiger partial charge in [0.25, 0.3) is 0 Å². The van der Waals surface area contributed by atoms with Crippen LogP contribution in [0.4, 0.5) is 4.39 Å². The summed E-state index contributed by atoms with van der Waals surface area (Å²) in [6.45, 7) is 0. The Morgan fingerprint density at radius 3 is 2.68 bits per heavy atom. The minimum Gasteiger partial charge on any atom is -0.368 e. The molecule has 1 aromatic carbocycles. The van der Waals surface area contributed by atoms with Crippen molar-refractivity contribution < 1.29 is 9.18 Å². The van der Waals surface area contributed by atoms with Crippen molar-refractivity contribution in [1.29, 1.82) is 0 Å². The third-order valence-electron chi connectivity index (χ3n) is 3.56. The van der Waals surface area contributed by atoms with E-state index < -0.39 is 17.8 Å². The number of nitrogens with two attached hydrogens (primary N) is 1. The maximum atomic E-state index is 13.8. The lowest BCUT2D eigenvalue weighted by molar-refractivity contribution is -0.120. The van der Waals surface area contributed by atoms with Crippen LogP contribution in [-0.4, -0.2) is 11.9 Å². The van der Waals surface area contributed by atoms with Gasteiger partial charge in [0, 0.05) is 16.6 Å². The van der Waals surface area contributed by atoms with Crippen LogP contribution in [0.25, 0.3) is 0 Å². The first-order chi connectivity index (χ1) is 9.08. The van der Waals surface area contributed by atoms with E-state index in [1.54, 1.807) is 0 Å². The number of amides is 1. The molecule has 1 saturated carbocycles. The van der Waals surface area contributed by atoms with E-state index in [4.69, 9.17) is 17.3 Å². The molecule has 1 fully saturated rings. The first-order valence-electron chi connectivity index (χ1n) is 6.58. The number of hydrogen-bond donors (Lipinski definition) is 2. The molecule has 1 atom stereocenters. The fourth-order valence-corrected chi connectivity index (χ4v) is 2.75. The van der Waals surface area contributed by atoms with Crippen LogP contribution in [0, 0.1) is 5.82 Å². The number of benzene rings is 1. The van der Waals surface area contributed by atoms with Crippen LogP contribution in [0.3, 0.4) is 0 Å². The Morgan fingerprint density at radius 2 is 2.05 bits per heavy atom. The molecule has 2 rings (SSSR count). The molecule has 1 aliphatic rings. The van der Waals surface area contributed by atoms with E-state index in [1.165, 1.54) is 24.6 Å². The van der Waals surface area contributed by atoms with Gasteiger partial charge >= 0.3 is 0 Å². The first kappa shape index (κ1) is 14.3. The molecule has 0 aliphatic heterocycles. The average Bonchev–Trinajstić information content (AvgIpc) is 2.40. The molecule has 0 spiro atoms. The van der Waals surface area contributed by atoms with Crippen LogP contribution in [0.5, 0.6) is 0 Å². The highest BCUT2D eigenvalue weighted by molar-refractivity contribution is 6.30. The summed E-state index contributed by atoms with van der Waals surface area (Å²) in [5, 5.41) is 3.56. The molecule has 0 aromatic heterocycles. The van der Waals surface area contributed by atoms with Crippen LogP contribution in [0.2, 0.25) is 5.02 Å². The van der Waals surface area contributed by atoms with Gasteiger partial charge in [0.1, 0.15) is 11.9 Å². The van der Waals surface area contributed by atoms with Crippen molar-refractivity contribution in [3.63, 3.8) is 0 Å². The molecule has 1 aliphatic carbocycles. The zero-order chi connectivity index (χ0) is 13.8. The smallest absolute Gasteiger partial charge is 0.239 e. The Bertz CT molecular complexity index is 461. The lowest BCUT2D eigenvalue weighted by Gasteiger charge is -2.27. The van der Waals surface area contributed by atoms with Crippen LogP contribution in [0.15, 0.2) is 18.2 Å². The van der Waals surface area contributed by atoms with Crippen molar-refractivity contribution in [2.24, 2.45) is 5.73 Å². The number of nitrogens with one attached hydrogen (secondary N) is 1. The molecule has 0 radical (unpaired) electrons. The normalized spacial score (nSPS) is 18.2. The van der Waals surface area contributed by atoms with E-state index in [2.05, 4.69) is 5.32 Å². The van der Waals surface area contributed by atoms with Crippen molar-refractivity contribution in [1.82, 2.24) is 5.32 Å². The van der Waals surface area contributed by atoms with Crippen LogP contribution in [-0.2, 0) is 4.79 Å². The largest absolute Gasteiger partial charge is 0.368 e. The van der Waals surface area contributed by atoms with E-state index in [1.807, 2.05) is 0 Å². The second-order valence-electron chi connectivity index (χ2n) is 5.00. The zero-order valence-corrected chi connectivity index (χ0v) is 11.4. The van der Waals surface area contributed by atoms with Gasteiger partial charge in [0.15, 0.2) is 0 Å². The number of carbonyl (C=O) groups excluding carboxylic acids is 1. The third-order valence-corrected chi connectivity index (χ3v) is 3.80. The Hall–Kier alpha value is -1.13. The zero-order valence-electron chi connectivity index (χ0n) is 10.7. The number of primary amides is 1. The molecule has 0 saturated heterocycles. The summed E-state index contributed by atoms with van der Waals surface area (Å²) in [6, 6.07) is 3.57. The van der Waals surface area contributed by atoms with Gasteiger partial charge in [0.05, 0.1) is 0 Å². The minimum absolute atomic E-state index is 0.213. The molecule has 1 unspecified atom stereocenters. The highest BCUT2D eigenvalue weighted by Gasteiger charge is 2.25. The van der Waals surface area contributed by atoms with Gasteiger partial charge in [-0.3, -0.25) is 10.1 Å². The average molecular weight is 285 g/mol. The topological polar surface area (TPSA) is 55.1 Å². The van der Waals surface area contributed by atoms with E-state index in [-0.39, 0.29) is 11.6 Å². The minimum atomic E-state index is -0.818. The molecular formula is C14H18ClFN2O. The lowest BCUT2D eigenvalue weighted by atomic mass is 9.93. The second-order valence-corrected chi connectivity index (χ2v) is 5.44. The molecule has 1 aromatic rings. The summed E-state index contributed by atoms with van der Waals surface area (Å²) in [6.07, 6.45) is 5.45. The van der Waals surface area contributed by atoms with Gasteiger partial charge < -0.3 is 5.73 Å². The molecule has 104 valence electrons. The Kier molecular flexibility index (Phi) is 4.77. The van der Waals surface area contributed by atoms with Gasteiger partial charge in [-0.25, -0.2) is 4.39 Å². The maximum absolute atomic E-state index is 13.8. The summed E-state index contributed by atoms with van der Waals surface area (Å²) in [5.74, 6) is -1.04. The molecule has 19 heavy (non-hydrogen) atoms. The molecule has 5 heteroatoms. The number of carbonyl (C=O) groups is 1. The van der Waals surface area contributed by atoms with Crippen LogP contribution < -0.4 is 11.1 Å². The SMILES string of the molecule is NC(=O)C(NC1CCCCC1)c1cc(Cl)ccc1F. The van der Waals surface area contributed by atoms with Gasteiger partial charge in [-0.1, -0.05) is 30.9 Å². The van der Waals surface area contributed by atoms with E-state index in [9.17, 15) is 9.18 Å². The molecule has 3 N–H and O–H groups in total. The van der Waals surface area contributed by atoms with E-state index >= 15 is 0 Å². The monoisotopic (exact) mass is 284 g/mol. The number of halogens is 2. The molecule has 1 amide bonds. The predicted octanol–water partition coefficient (Wildman–Crippen LogP) is 2.93. The molecule has 0 bridgehead atoms. The summed E-state index contributed by atoms with van der Waals surface area (Å²) < 4.78 is 13.8.